The number of nitrogen functional groups attached to an aromatic ring is 1. The van der Waals surface area contributed by atoms with Crippen molar-refractivity contribution in [3.63, 3.8) is 0 Å². The molecule has 0 radical (unpaired) electrons. The maximum Gasteiger partial charge on any atom is 0.311 e. The summed E-state index contributed by atoms with van der Waals surface area (Å²) < 4.78 is 7.18. The Balaban J connectivity index is 1.92. The monoisotopic (exact) mass is 337 g/mol. The van der Waals surface area contributed by atoms with Gasteiger partial charge in [0.1, 0.15) is 5.75 Å². The fourth-order valence-electron chi connectivity index (χ4n) is 2.21. The molecule has 0 aliphatic heterocycles. The first-order valence-electron chi connectivity index (χ1n) is 7.40. The Kier molecular flexibility index (Phi) is 4.42. The second-order valence-electron chi connectivity index (χ2n) is 5.19. The third-order valence-electron chi connectivity index (χ3n) is 3.36. The van der Waals surface area contributed by atoms with Crippen molar-refractivity contribution in [2.24, 2.45) is 5.10 Å². The lowest BCUT2D eigenvalue weighted by atomic mass is 10.2. The number of nitrogens with zero attached hydrogens (tertiary/aromatic N) is 4. The molecule has 0 unspecified atom stereocenters. The number of imidazole rings is 1. The third kappa shape index (κ3) is 3.63. The van der Waals surface area contributed by atoms with E-state index < -0.39 is 4.92 Å². The summed E-state index contributed by atoms with van der Waals surface area (Å²) in [5.74, 6) is 0.869. The highest BCUT2D eigenvalue weighted by Crippen LogP contribution is 2.32. The van der Waals surface area contributed by atoms with Gasteiger partial charge in [0.25, 0.3) is 0 Å². The van der Waals surface area contributed by atoms with E-state index in [1.165, 1.54) is 10.7 Å². The van der Waals surface area contributed by atoms with Crippen LogP contribution in [0, 0.1) is 17.0 Å². The fraction of sp³-hybridized carbons (Fsp3) is 0.0588. The summed E-state index contributed by atoms with van der Waals surface area (Å²) in [6, 6.07) is 13.3. The predicted octanol–water partition coefficient (Wildman–Crippen LogP) is 3.36. The molecule has 2 N–H and O–H groups in total. The first-order chi connectivity index (χ1) is 12.0. The van der Waals surface area contributed by atoms with Gasteiger partial charge in [0, 0.05) is 11.6 Å². The molecule has 126 valence electrons. The summed E-state index contributed by atoms with van der Waals surface area (Å²) in [6.45, 7) is 1.81. The standard InChI is InChI=1S/C17H15N5O3/c1-12-11-21(17(18)20-12)19-10-13-6-2-4-8-15(13)25-16-9-5-3-7-14(16)22(23)24/h2-11H,1H3,(H2,18,20). The first-order valence-corrected chi connectivity index (χ1v) is 7.40. The molecule has 0 saturated carbocycles. The van der Waals surface area contributed by atoms with Crippen LogP contribution in [0.3, 0.4) is 0 Å². The lowest BCUT2D eigenvalue weighted by Gasteiger charge is -2.08. The Morgan fingerprint density at radius 2 is 1.88 bits per heavy atom. The highest BCUT2D eigenvalue weighted by Gasteiger charge is 2.15. The van der Waals surface area contributed by atoms with Gasteiger partial charge in [-0.25, -0.2) is 9.66 Å². The molecule has 25 heavy (non-hydrogen) atoms. The molecule has 2 aromatic carbocycles. The summed E-state index contributed by atoms with van der Waals surface area (Å²) in [4.78, 5) is 14.7. The molecule has 8 nitrogen and oxygen atoms in total. The van der Waals surface area contributed by atoms with Crippen LogP contribution in [-0.4, -0.2) is 20.8 Å². The van der Waals surface area contributed by atoms with Crippen molar-refractivity contribution < 1.29 is 9.66 Å². The van der Waals surface area contributed by atoms with Crippen LogP contribution >= 0.6 is 0 Å². The van der Waals surface area contributed by atoms with Crippen molar-refractivity contribution >= 4 is 17.9 Å². The average Bonchev–Trinajstić information content (AvgIpc) is 2.92. The first kappa shape index (κ1) is 16.2. The maximum absolute atomic E-state index is 11.1. The quantitative estimate of drug-likeness (QED) is 0.436. The number of anilines is 1. The van der Waals surface area contributed by atoms with E-state index in [1.807, 2.05) is 13.0 Å². The topological polar surface area (TPSA) is 109 Å². The van der Waals surface area contributed by atoms with E-state index in [0.29, 0.717) is 11.3 Å². The van der Waals surface area contributed by atoms with Gasteiger partial charge in [-0.05, 0) is 25.1 Å². The van der Waals surface area contributed by atoms with Gasteiger partial charge in [0.05, 0.1) is 23.0 Å². The zero-order valence-corrected chi connectivity index (χ0v) is 13.4. The number of benzene rings is 2. The van der Waals surface area contributed by atoms with Gasteiger partial charge in [-0.15, -0.1) is 0 Å². The number of ether oxygens (including phenoxy) is 1. The molecule has 0 saturated heterocycles. The molecule has 0 spiro atoms. The van der Waals surface area contributed by atoms with E-state index >= 15 is 0 Å². The number of nitro benzene ring substituents is 1. The number of aryl methyl sites for hydroxylation is 1. The number of nitro groups is 1. The van der Waals surface area contributed by atoms with Crippen LogP contribution in [0.4, 0.5) is 11.6 Å². The van der Waals surface area contributed by atoms with Gasteiger partial charge in [0.2, 0.25) is 11.7 Å². The Hall–Kier alpha value is -3.68. The third-order valence-corrected chi connectivity index (χ3v) is 3.36. The highest BCUT2D eigenvalue weighted by atomic mass is 16.6. The second kappa shape index (κ2) is 6.83. The summed E-state index contributed by atoms with van der Waals surface area (Å²) >= 11 is 0. The number of nitrogens with two attached hydrogens (primary N) is 1. The molecule has 3 aromatic rings. The van der Waals surface area contributed by atoms with Crippen LogP contribution in [0.5, 0.6) is 11.5 Å². The number of hydrogen-bond donors (Lipinski definition) is 1. The molecular formula is C17H15N5O3. The van der Waals surface area contributed by atoms with E-state index in [4.69, 9.17) is 10.5 Å². The molecule has 0 atom stereocenters. The number of hydrogen-bond acceptors (Lipinski definition) is 6. The van der Waals surface area contributed by atoms with Crippen LogP contribution in [-0.2, 0) is 0 Å². The summed E-state index contributed by atoms with van der Waals surface area (Å²) in [7, 11) is 0. The van der Waals surface area contributed by atoms with Gasteiger partial charge in [-0.2, -0.15) is 5.10 Å². The van der Waals surface area contributed by atoms with Gasteiger partial charge in [-0.1, -0.05) is 24.3 Å². The molecule has 0 amide bonds. The minimum absolute atomic E-state index is 0.108. The van der Waals surface area contributed by atoms with Gasteiger partial charge >= 0.3 is 5.69 Å². The smallest absolute Gasteiger partial charge is 0.311 e. The van der Waals surface area contributed by atoms with Gasteiger partial charge < -0.3 is 10.5 Å². The normalized spacial score (nSPS) is 10.9. The lowest BCUT2D eigenvalue weighted by Crippen LogP contribution is -1.98. The van der Waals surface area contributed by atoms with E-state index in [-0.39, 0.29) is 17.4 Å². The zero-order valence-electron chi connectivity index (χ0n) is 13.4. The van der Waals surface area contributed by atoms with Crippen LogP contribution in [0.15, 0.2) is 59.8 Å². The highest BCUT2D eigenvalue weighted by molar-refractivity contribution is 5.83. The molecule has 0 aliphatic rings. The van der Waals surface area contributed by atoms with Gasteiger partial charge in [0.15, 0.2) is 0 Å². The minimum atomic E-state index is -0.485. The molecule has 0 bridgehead atoms. The SMILES string of the molecule is Cc1cn(N=Cc2ccccc2Oc2ccccc2[N+](=O)[O-])c(N)n1. The Morgan fingerprint density at radius 3 is 2.56 bits per heavy atom. The van der Waals surface area contributed by atoms with Crippen molar-refractivity contribution in [1.29, 1.82) is 0 Å². The molecule has 1 aromatic heterocycles. The molecule has 1 heterocycles. The van der Waals surface area contributed by atoms with Crippen LogP contribution in [0.1, 0.15) is 11.3 Å². The van der Waals surface area contributed by atoms with Crippen molar-refractivity contribution in [2.75, 3.05) is 5.73 Å². The van der Waals surface area contributed by atoms with E-state index in [1.54, 1.807) is 48.8 Å². The van der Waals surface area contributed by atoms with Crippen molar-refractivity contribution in [1.82, 2.24) is 9.66 Å². The zero-order chi connectivity index (χ0) is 17.8. The summed E-state index contributed by atoms with van der Waals surface area (Å²) in [5, 5.41) is 15.4. The number of para-hydroxylation sites is 3. The fourth-order valence-corrected chi connectivity index (χ4v) is 2.21. The molecule has 8 heteroatoms. The van der Waals surface area contributed by atoms with Crippen molar-refractivity contribution in [2.45, 2.75) is 6.92 Å². The van der Waals surface area contributed by atoms with Crippen molar-refractivity contribution in [3.05, 3.63) is 76.1 Å². The number of rotatable bonds is 5. The maximum atomic E-state index is 11.1. The van der Waals surface area contributed by atoms with Crippen LogP contribution in [0.2, 0.25) is 0 Å². The second-order valence-corrected chi connectivity index (χ2v) is 5.19. The van der Waals surface area contributed by atoms with Gasteiger partial charge in [-0.3, -0.25) is 10.1 Å². The van der Waals surface area contributed by atoms with E-state index in [9.17, 15) is 10.1 Å². The van der Waals surface area contributed by atoms with Crippen molar-refractivity contribution in [3.8, 4) is 11.5 Å². The lowest BCUT2D eigenvalue weighted by molar-refractivity contribution is -0.385. The molecular weight excluding hydrogens is 322 g/mol. The van der Waals surface area contributed by atoms with Crippen LogP contribution < -0.4 is 10.5 Å². The molecule has 3 rings (SSSR count). The van der Waals surface area contributed by atoms with Crippen LogP contribution in [0.25, 0.3) is 0 Å². The van der Waals surface area contributed by atoms with E-state index in [0.717, 1.165) is 5.69 Å². The summed E-state index contributed by atoms with van der Waals surface area (Å²) in [6.07, 6.45) is 3.25. The summed E-state index contributed by atoms with van der Waals surface area (Å²) in [5.41, 5.74) is 7.04. The van der Waals surface area contributed by atoms with E-state index in [2.05, 4.69) is 10.1 Å². The Bertz CT molecular complexity index is 949. The largest absolute Gasteiger partial charge is 0.449 e. The number of aromatic nitrogens is 2. The Morgan fingerprint density at radius 1 is 1.20 bits per heavy atom. The minimum Gasteiger partial charge on any atom is -0.449 e. The predicted molar refractivity (Wildman–Crippen MR) is 94.0 cm³/mol. The average molecular weight is 337 g/mol. The molecule has 0 aliphatic carbocycles. The molecule has 0 fully saturated rings. The Labute approximate surface area is 143 Å².